The maximum Gasteiger partial charge on any atom is 0.311 e. The number of non-ortho nitro benzene ring substituents is 1. The van der Waals surface area contributed by atoms with E-state index in [0.717, 1.165) is 0 Å². The van der Waals surface area contributed by atoms with Gasteiger partial charge in [-0.3, -0.25) is 19.7 Å². The molecule has 0 aliphatic rings. The summed E-state index contributed by atoms with van der Waals surface area (Å²) in [4.78, 5) is 35.7. The smallest absolute Gasteiger partial charge is 0.311 e. The fourth-order valence-electron chi connectivity index (χ4n) is 2.74. The number of halogens is 1. The highest BCUT2D eigenvalue weighted by molar-refractivity contribution is 6.30. The fraction of sp³-hybridized carbons (Fsp3) is 0.0909. The molecule has 0 saturated heterocycles. The summed E-state index contributed by atoms with van der Waals surface area (Å²) in [7, 11) is 0. The van der Waals surface area contributed by atoms with Gasteiger partial charge in [-0.25, -0.2) is 0 Å². The molecule has 0 heterocycles. The van der Waals surface area contributed by atoms with E-state index in [1.54, 1.807) is 54.6 Å². The number of nitrogens with zero attached hydrogens (tertiary/aromatic N) is 1. The van der Waals surface area contributed by atoms with E-state index < -0.39 is 17.0 Å². The normalized spacial score (nSPS) is 11.5. The number of Topliss-reactive ketones (excluding diaryl/α,β-unsaturated/α-hetero) is 1. The molecule has 3 aromatic rings. The predicted octanol–water partition coefficient (Wildman–Crippen LogP) is 4.96. The van der Waals surface area contributed by atoms with Gasteiger partial charge in [-0.15, -0.1) is 0 Å². The molecule has 3 rings (SSSR count). The lowest BCUT2D eigenvalue weighted by atomic mass is 9.99. The first-order valence-corrected chi connectivity index (χ1v) is 9.09. The van der Waals surface area contributed by atoms with Crippen molar-refractivity contribution >= 4 is 29.0 Å². The molecule has 146 valence electrons. The zero-order valence-electron chi connectivity index (χ0n) is 15.2. The Bertz CT molecular complexity index is 1020. The molecule has 0 N–H and O–H groups in total. The van der Waals surface area contributed by atoms with Gasteiger partial charge in [-0.05, 0) is 17.7 Å². The maximum atomic E-state index is 13.0. The van der Waals surface area contributed by atoms with E-state index >= 15 is 0 Å². The molecule has 6 nitrogen and oxygen atoms in total. The van der Waals surface area contributed by atoms with Crippen LogP contribution in [0.5, 0.6) is 0 Å². The molecule has 1 atom stereocenters. The number of hydrogen-bond acceptors (Lipinski definition) is 5. The topological polar surface area (TPSA) is 86.5 Å². The Morgan fingerprint density at radius 1 is 0.931 bits per heavy atom. The van der Waals surface area contributed by atoms with E-state index in [-0.39, 0.29) is 17.9 Å². The second-order valence-electron chi connectivity index (χ2n) is 6.25. The lowest BCUT2D eigenvalue weighted by Crippen LogP contribution is -2.21. The van der Waals surface area contributed by atoms with Gasteiger partial charge in [0.05, 0.1) is 11.3 Å². The number of esters is 1. The summed E-state index contributed by atoms with van der Waals surface area (Å²) in [6.07, 6.45) is -1.25. The van der Waals surface area contributed by atoms with Gasteiger partial charge in [0, 0.05) is 28.3 Å². The van der Waals surface area contributed by atoms with Crippen LogP contribution in [0.15, 0.2) is 78.9 Å². The zero-order chi connectivity index (χ0) is 20.8. The van der Waals surface area contributed by atoms with Crippen LogP contribution in [0.25, 0.3) is 0 Å². The van der Waals surface area contributed by atoms with Crippen molar-refractivity contribution in [1.82, 2.24) is 0 Å². The number of benzene rings is 3. The summed E-state index contributed by atoms with van der Waals surface area (Å²) >= 11 is 5.92. The van der Waals surface area contributed by atoms with E-state index in [4.69, 9.17) is 16.3 Å². The first kappa shape index (κ1) is 20.2. The number of ether oxygens (including phenoxy) is 1. The minimum absolute atomic E-state index is 0.0691. The van der Waals surface area contributed by atoms with Gasteiger partial charge in [0.15, 0.2) is 6.10 Å². The molecule has 0 aromatic heterocycles. The maximum absolute atomic E-state index is 13.0. The van der Waals surface area contributed by atoms with Crippen molar-refractivity contribution in [3.05, 3.63) is 111 Å². The van der Waals surface area contributed by atoms with Gasteiger partial charge < -0.3 is 4.74 Å². The molecule has 0 fully saturated rings. The molecular formula is C22H16ClNO5. The SMILES string of the molecule is O=C(Cc1ccc([N+](=O)[O-])cc1)O[C@@H](C(=O)c1ccccc1)c1ccc(Cl)cc1. The summed E-state index contributed by atoms with van der Waals surface area (Å²) in [5.41, 5.74) is 1.39. The van der Waals surface area contributed by atoms with Crippen LogP contribution < -0.4 is 0 Å². The summed E-state index contributed by atoms with van der Waals surface area (Å²) in [5.74, 6) is -0.979. The molecule has 0 amide bonds. The van der Waals surface area contributed by atoms with Crippen LogP contribution in [-0.2, 0) is 16.0 Å². The van der Waals surface area contributed by atoms with Crippen molar-refractivity contribution in [1.29, 1.82) is 0 Å². The highest BCUT2D eigenvalue weighted by Gasteiger charge is 2.26. The van der Waals surface area contributed by atoms with E-state index in [1.807, 2.05) is 0 Å². The van der Waals surface area contributed by atoms with Crippen LogP contribution in [0.1, 0.15) is 27.6 Å². The predicted molar refractivity (Wildman–Crippen MR) is 108 cm³/mol. The largest absolute Gasteiger partial charge is 0.449 e. The van der Waals surface area contributed by atoms with E-state index in [0.29, 0.717) is 21.7 Å². The van der Waals surface area contributed by atoms with Crippen molar-refractivity contribution < 1.29 is 19.2 Å². The van der Waals surface area contributed by atoms with Gasteiger partial charge in [0.1, 0.15) is 0 Å². The second-order valence-corrected chi connectivity index (χ2v) is 6.69. The number of nitro groups is 1. The number of carbonyl (C=O) groups excluding carboxylic acids is 2. The van der Waals surface area contributed by atoms with E-state index in [9.17, 15) is 19.7 Å². The monoisotopic (exact) mass is 409 g/mol. The van der Waals surface area contributed by atoms with Gasteiger partial charge in [-0.1, -0.05) is 66.2 Å². The minimum atomic E-state index is -1.12. The molecular weight excluding hydrogens is 394 g/mol. The van der Waals surface area contributed by atoms with Crippen molar-refractivity contribution in [3.63, 3.8) is 0 Å². The lowest BCUT2D eigenvalue weighted by molar-refractivity contribution is -0.384. The molecule has 0 bridgehead atoms. The van der Waals surface area contributed by atoms with Crippen molar-refractivity contribution in [2.75, 3.05) is 0 Å². The standard InChI is InChI=1S/C22H16ClNO5/c23-18-10-8-17(9-11-18)22(21(26)16-4-2-1-3-5-16)29-20(25)14-15-6-12-19(13-7-15)24(27)28/h1-13,22H,14H2/t22-/m1/s1. The molecule has 0 aliphatic heterocycles. The molecule has 0 radical (unpaired) electrons. The summed E-state index contributed by atoms with van der Waals surface area (Å²) < 4.78 is 5.51. The number of nitro benzene ring substituents is 1. The summed E-state index contributed by atoms with van der Waals surface area (Å²) in [6.45, 7) is 0. The number of carbonyl (C=O) groups is 2. The van der Waals surface area contributed by atoms with Crippen molar-refractivity contribution in [3.8, 4) is 0 Å². The Morgan fingerprint density at radius 2 is 1.55 bits per heavy atom. The van der Waals surface area contributed by atoms with Crippen LogP contribution in [0.3, 0.4) is 0 Å². The van der Waals surface area contributed by atoms with Crippen LogP contribution >= 0.6 is 11.6 Å². The molecule has 7 heteroatoms. The van der Waals surface area contributed by atoms with Gasteiger partial charge >= 0.3 is 5.97 Å². The Labute approximate surface area is 171 Å². The Morgan fingerprint density at radius 3 is 2.14 bits per heavy atom. The van der Waals surface area contributed by atoms with Crippen molar-refractivity contribution in [2.45, 2.75) is 12.5 Å². The molecule has 3 aromatic carbocycles. The summed E-state index contributed by atoms with van der Waals surface area (Å²) in [5, 5.41) is 11.2. The fourth-order valence-corrected chi connectivity index (χ4v) is 2.87. The van der Waals surface area contributed by atoms with Gasteiger partial charge in [-0.2, -0.15) is 0 Å². The zero-order valence-corrected chi connectivity index (χ0v) is 15.9. The third-order valence-corrected chi connectivity index (χ3v) is 4.47. The highest BCUT2D eigenvalue weighted by Crippen LogP contribution is 2.25. The van der Waals surface area contributed by atoms with Gasteiger partial charge in [0.2, 0.25) is 5.78 Å². The Balaban J connectivity index is 1.80. The van der Waals surface area contributed by atoms with Crippen LogP contribution in [-0.4, -0.2) is 16.7 Å². The number of hydrogen-bond donors (Lipinski definition) is 0. The van der Waals surface area contributed by atoms with E-state index in [1.165, 1.54) is 24.3 Å². The quantitative estimate of drug-likeness (QED) is 0.238. The number of rotatable bonds is 7. The Hall–Kier alpha value is -3.51. The van der Waals surface area contributed by atoms with Gasteiger partial charge in [0.25, 0.3) is 5.69 Å². The molecule has 0 saturated carbocycles. The molecule has 0 spiro atoms. The van der Waals surface area contributed by atoms with E-state index in [2.05, 4.69) is 0 Å². The third kappa shape index (κ3) is 5.27. The first-order chi connectivity index (χ1) is 13.9. The molecule has 0 aliphatic carbocycles. The molecule has 0 unspecified atom stereocenters. The lowest BCUT2D eigenvalue weighted by Gasteiger charge is -2.18. The van der Waals surface area contributed by atoms with Crippen LogP contribution in [0.4, 0.5) is 5.69 Å². The van der Waals surface area contributed by atoms with Crippen LogP contribution in [0, 0.1) is 10.1 Å². The number of ketones is 1. The average Bonchev–Trinajstić information content (AvgIpc) is 2.73. The average molecular weight is 410 g/mol. The molecule has 29 heavy (non-hydrogen) atoms. The third-order valence-electron chi connectivity index (χ3n) is 4.21. The highest BCUT2D eigenvalue weighted by atomic mass is 35.5. The van der Waals surface area contributed by atoms with Crippen molar-refractivity contribution in [2.24, 2.45) is 0 Å². The second kappa shape index (κ2) is 9.12. The minimum Gasteiger partial charge on any atom is -0.449 e. The Kier molecular flexibility index (Phi) is 6.36. The first-order valence-electron chi connectivity index (χ1n) is 8.71. The summed E-state index contributed by atoms with van der Waals surface area (Å²) in [6, 6.07) is 20.6. The van der Waals surface area contributed by atoms with Crippen LogP contribution in [0.2, 0.25) is 5.02 Å².